The molecule has 3 heteroatoms. The van der Waals surface area contributed by atoms with Gasteiger partial charge in [-0.15, -0.1) is 0 Å². The van der Waals surface area contributed by atoms with Crippen molar-refractivity contribution >= 4 is 11.8 Å². The quantitative estimate of drug-likeness (QED) is 0.427. The first-order chi connectivity index (χ1) is 14.3. The van der Waals surface area contributed by atoms with E-state index in [0.717, 1.165) is 12.3 Å². The highest BCUT2D eigenvalue weighted by Gasteiger charge is 2.53. The highest BCUT2D eigenvalue weighted by molar-refractivity contribution is 5.92. The SMILES string of the molecule is CCOC(=O)/C=C/[C@@H](C)C1CCC2C3C=CC4=CC(=O)CC[C@]4(C)C3CC[C@@H](C)C21. The number of ether oxygens (including phenoxy) is 1. The number of hydrogen-bond donors (Lipinski definition) is 0. The van der Waals surface area contributed by atoms with E-state index in [9.17, 15) is 9.59 Å². The number of ketones is 1. The molecule has 8 atom stereocenters. The van der Waals surface area contributed by atoms with Gasteiger partial charge in [0.25, 0.3) is 0 Å². The summed E-state index contributed by atoms with van der Waals surface area (Å²) in [6.07, 6.45) is 17.2. The second-order valence-electron chi connectivity index (χ2n) is 10.5. The second kappa shape index (κ2) is 8.48. The maximum atomic E-state index is 12.0. The van der Waals surface area contributed by atoms with Gasteiger partial charge in [-0.05, 0) is 91.1 Å². The fraction of sp³-hybridized carbons (Fsp3) is 0.704. The third-order valence-corrected chi connectivity index (χ3v) is 9.05. The smallest absolute Gasteiger partial charge is 0.330 e. The number of carbonyl (C=O) groups is 2. The summed E-state index contributed by atoms with van der Waals surface area (Å²) < 4.78 is 5.08. The Morgan fingerprint density at radius 2 is 2.10 bits per heavy atom. The minimum atomic E-state index is -0.220. The molecule has 0 radical (unpaired) electrons. The molecule has 0 aliphatic heterocycles. The van der Waals surface area contributed by atoms with Crippen molar-refractivity contribution in [1.29, 1.82) is 0 Å². The lowest BCUT2D eigenvalue weighted by molar-refractivity contribution is -0.137. The predicted octanol–water partition coefficient (Wildman–Crippen LogP) is 5.91. The molecule has 0 bridgehead atoms. The highest BCUT2D eigenvalue weighted by atomic mass is 16.5. The summed E-state index contributed by atoms with van der Waals surface area (Å²) in [4.78, 5) is 23.8. The van der Waals surface area contributed by atoms with Gasteiger partial charge in [-0.2, -0.15) is 0 Å². The van der Waals surface area contributed by atoms with Gasteiger partial charge in [0.1, 0.15) is 0 Å². The summed E-state index contributed by atoms with van der Waals surface area (Å²) in [5, 5.41) is 0. The first kappa shape index (κ1) is 21.6. The molecule has 4 aliphatic carbocycles. The van der Waals surface area contributed by atoms with Crippen molar-refractivity contribution in [2.24, 2.45) is 46.8 Å². The van der Waals surface area contributed by atoms with Crippen LogP contribution in [0.2, 0.25) is 0 Å². The van der Waals surface area contributed by atoms with Gasteiger partial charge in [0.2, 0.25) is 0 Å². The standard InChI is InChI=1S/C27H38O3/c1-5-30-25(29)13-7-17(2)21-10-11-23-22-9-8-19-16-20(28)14-15-27(19,4)24(22)12-6-18(3)26(21)23/h7-9,13,16-18,21-24,26H,5-6,10-12,14-15H2,1-4H3/b13-7+/t17-,18-,21?,22?,23?,24?,26?,27+/m1/s1. The summed E-state index contributed by atoms with van der Waals surface area (Å²) in [7, 11) is 0. The predicted molar refractivity (Wildman–Crippen MR) is 120 cm³/mol. The zero-order valence-electron chi connectivity index (χ0n) is 19.1. The van der Waals surface area contributed by atoms with E-state index in [1.54, 1.807) is 6.08 Å². The topological polar surface area (TPSA) is 43.4 Å². The van der Waals surface area contributed by atoms with Crippen LogP contribution in [0.25, 0.3) is 0 Å². The van der Waals surface area contributed by atoms with Gasteiger partial charge in [0, 0.05) is 12.5 Å². The average molecular weight is 411 g/mol. The van der Waals surface area contributed by atoms with Crippen molar-refractivity contribution in [3.05, 3.63) is 36.0 Å². The molecule has 30 heavy (non-hydrogen) atoms. The van der Waals surface area contributed by atoms with Crippen LogP contribution in [0.3, 0.4) is 0 Å². The van der Waals surface area contributed by atoms with Gasteiger partial charge >= 0.3 is 5.97 Å². The van der Waals surface area contributed by atoms with E-state index in [1.807, 2.05) is 13.0 Å². The van der Waals surface area contributed by atoms with Gasteiger partial charge in [-0.3, -0.25) is 4.79 Å². The molecule has 2 saturated carbocycles. The van der Waals surface area contributed by atoms with E-state index in [1.165, 1.54) is 31.3 Å². The summed E-state index contributed by atoms with van der Waals surface area (Å²) in [6.45, 7) is 9.45. The number of hydrogen-bond acceptors (Lipinski definition) is 3. The molecule has 164 valence electrons. The number of allylic oxidation sites excluding steroid dienone is 5. The normalized spacial score (nSPS) is 41.5. The minimum absolute atomic E-state index is 0.162. The van der Waals surface area contributed by atoms with E-state index in [0.29, 0.717) is 54.3 Å². The first-order valence-electron chi connectivity index (χ1n) is 12.1. The molecule has 4 aliphatic rings. The molecule has 0 aromatic heterocycles. The Kier molecular flexibility index (Phi) is 6.10. The lowest BCUT2D eigenvalue weighted by Gasteiger charge is -2.48. The molecule has 0 spiro atoms. The van der Waals surface area contributed by atoms with Crippen LogP contribution < -0.4 is 0 Å². The van der Waals surface area contributed by atoms with Crippen LogP contribution in [0.4, 0.5) is 0 Å². The summed E-state index contributed by atoms with van der Waals surface area (Å²) in [5.74, 6) is 4.55. The second-order valence-corrected chi connectivity index (χ2v) is 10.5. The Labute approximate surface area is 182 Å². The van der Waals surface area contributed by atoms with Crippen LogP contribution in [0.1, 0.15) is 66.2 Å². The lowest BCUT2D eigenvalue weighted by Crippen LogP contribution is -2.41. The molecule has 4 rings (SSSR count). The molecule has 3 nitrogen and oxygen atoms in total. The van der Waals surface area contributed by atoms with Crippen LogP contribution in [0, 0.1) is 46.8 Å². The molecule has 0 aromatic carbocycles. The van der Waals surface area contributed by atoms with Gasteiger partial charge in [0.15, 0.2) is 5.78 Å². The first-order valence-corrected chi connectivity index (χ1v) is 12.1. The number of fused-ring (bicyclic) bond motifs is 5. The third-order valence-electron chi connectivity index (χ3n) is 9.05. The minimum Gasteiger partial charge on any atom is -0.463 e. The maximum Gasteiger partial charge on any atom is 0.330 e. The van der Waals surface area contributed by atoms with Gasteiger partial charge in [0.05, 0.1) is 6.61 Å². The monoisotopic (exact) mass is 410 g/mol. The zero-order valence-corrected chi connectivity index (χ0v) is 19.1. The molecule has 0 saturated heterocycles. The van der Waals surface area contributed by atoms with Crippen molar-refractivity contribution in [1.82, 2.24) is 0 Å². The third kappa shape index (κ3) is 3.74. The van der Waals surface area contributed by atoms with E-state index >= 15 is 0 Å². The van der Waals surface area contributed by atoms with Crippen LogP contribution >= 0.6 is 0 Å². The van der Waals surface area contributed by atoms with Crippen molar-refractivity contribution in [2.75, 3.05) is 6.61 Å². The lowest BCUT2D eigenvalue weighted by atomic mass is 9.56. The molecule has 0 amide bonds. The number of esters is 1. The Bertz CT molecular complexity index is 775. The fourth-order valence-electron chi connectivity index (χ4n) is 7.49. The summed E-state index contributed by atoms with van der Waals surface area (Å²) in [6, 6.07) is 0. The Hall–Kier alpha value is -1.64. The molecular weight excluding hydrogens is 372 g/mol. The summed E-state index contributed by atoms with van der Waals surface area (Å²) >= 11 is 0. The van der Waals surface area contributed by atoms with Crippen molar-refractivity contribution in [2.45, 2.75) is 66.2 Å². The number of carbonyl (C=O) groups excluding carboxylic acids is 2. The van der Waals surface area contributed by atoms with Crippen molar-refractivity contribution in [3.63, 3.8) is 0 Å². The molecule has 0 heterocycles. The Balaban J connectivity index is 1.58. The Morgan fingerprint density at radius 3 is 2.87 bits per heavy atom. The van der Waals surface area contributed by atoms with Crippen molar-refractivity contribution < 1.29 is 14.3 Å². The molecular formula is C27H38O3. The fourth-order valence-corrected chi connectivity index (χ4v) is 7.49. The molecule has 5 unspecified atom stereocenters. The summed E-state index contributed by atoms with van der Waals surface area (Å²) in [5.41, 5.74) is 1.45. The van der Waals surface area contributed by atoms with Crippen LogP contribution in [-0.4, -0.2) is 18.4 Å². The van der Waals surface area contributed by atoms with Crippen molar-refractivity contribution in [3.8, 4) is 0 Å². The van der Waals surface area contributed by atoms with E-state index in [4.69, 9.17) is 4.74 Å². The maximum absolute atomic E-state index is 12.0. The highest BCUT2D eigenvalue weighted by Crippen LogP contribution is 2.61. The average Bonchev–Trinajstić information content (AvgIpc) is 3.10. The Morgan fingerprint density at radius 1 is 1.30 bits per heavy atom. The van der Waals surface area contributed by atoms with Crippen LogP contribution in [0.5, 0.6) is 0 Å². The van der Waals surface area contributed by atoms with Crippen LogP contribution in [0.15, 0.2) is 36.0 Å². The molecule has 2 fully saturated rings. The van der Waals surface area contributed by atoms with E-state index < -0.39 is 0 Å². The zero-order chi connectivity index (χ0) is 21.5. The van der Waals surface area contributed by atoms with E-state index in [-0.39, 0.29) is 11.4 Å². The molecule has 0 aromatic rings. The molecule has 0 N–H and O–H groups in total. The van der Waals surface area contributed by atoms with Gasteiger partial charge in [-0.25, -0.2) is 4.79 Å². The van der Waals surface area contributed by atoms with Gasteiger partial charge in [-0.1, -0.05) is 45.4 Å². The number of rotatable bonds is 4. The van der Waals surface area contributed by atoms with Crippen LogP contribution in [-0.2, 0) is 14.3 Å². The van der Waals surface area contributed by atoms with E-state index in [2.05, 4.69) is 39.0 Å². The van der Waals surface area contributed by atoms with Gasteiger partial charge < -0.3 is 4.74 Å². The largest absolute Gasteiger partial charge is 0.463 e.